The SMILES string of the molecule is Cc1ccc(S(=O)(=O)N2CCCC2)cc1C(=O)Nc1ccc2c3c(cccc13)CC2. The molecule has 30 heavy (non-hydrogen) atoms. The van der Waals surface area contributed by atoms with E-state index in [2.05, 4.69) is 17.4 Å². The fraction of sp³-hybridized carbons (Fsp3) is 0.292. The Hall–Kier alpha value is -2.70. The number of nitrogens with one attached hydrogen (secondary N) is 1. The number of amides is 1. The molecular formula is C24H24N2O3S. The van der Waals surface area contributed by atoms with E-state index < -0.39 is 10.0 Å². The van der Waals surface area contributed by atoms with E-state index in [0.29, 0.717) is 18.7 Å². The number of carbonyl (C=O) groups is 1. The van der Waals surface area contributed by atoms with E-state index in [-0.39, 0.29) is 10.8 Å². The largest absolute Gasteiger partial charge is 0.321 e. The highest BCUT2D eigenvalue weighted by molar-refractivity contribution is 7.89. The van der Waals surface area contributed by atoms with Crippen LogP contribution in [0.15, 0.2) is 53.4 Å². The van der Waals surface area contributed by atoms with E-state index in [1.807, 2.05) is 25.1 Å². The third kappa shape index (κ3) is 3.11. The van der Waals surface area contributed by atoms with Gasteiger partial charge in [-0.25, -0.2) is 8.42 Å². The number of carbonyl (C=O) groups excluding carboxylic acids is 1. The molecule has 1 aliphatic carbocycles. The molecule has 1 aliphatic heterocycles. The Balaban J connectivity index is 1.50. The molecule has 1 heterocycles. The van der Waals surface area contributed by atoms with Crippen molar-refractivity contribution in [3.05, 3.63) is 70.8 Å². The van der Waals surface area contributed by atoms with Crippen LogP contribution in [0.5, 0.6) is 0 Å². The molecule has 0 aromatic heterocycles. The Morgan fingerprint density at radius 2 is 1.70 bits per heavy atom. The lowest BCUT2D eigenvalue weighted by Gasteiger charge is -2.17. The van der Waals surface area contributed by atoms with Crippen molar-refractivity contribution in [3.8, 4) is 0 Å². The summed E-state index contributed by atoms with van der Waals surface area (Å²) in [5, 5.41) is 5.30. The summed E-state index contributed by atoms with van der Waals surface area (Å²) in [4.78, 5) is 13.3. The van der Waals surface area contributed by atoms with Crippen molar-refractivity contribution in [2.24, 2.45) is 0 Å². The van der Waals surface area contributed by atoms with Crippen LogP contribution in [-0.2, 0) is 22.9 Å². The van der Waals surface area contributed by atoms with Gasteiger partial charge in [0, 0.05) is 29.7 Å². The standard InChI is InChI=1S/C24H24N2O3S/c1-16-7-11-19(30(28,29)26-13-2-3-14-26)15-21(16)24(27)25-22-12-10-18-9-8-17-5-4-6-20(22)23(17)18/h4-7,10-12,15H,2-3,8-9,13-14H2,1H3,(H,25,27). The zero-order valence-electron chi connectivity index (χ0n) is 16.9. The molecule has 5 nitrogen and oxygen atoms in total. The first-order valence-corrected chi connectivity index (χ1v) is 11.8. The minimum absolute atomic E-state index is 0.181. The van der Waals surface area contributed by atoms with Crippen molar-refractivity contribution in [2.45, 2.75) is 37.5 Å². The summed E-state index contributed by atoms with van der Waals surface area (Å²) in [5.74, 6) is -0.287. The van der Waals surface area contributed by atoms with Crippen LogP contribution in [-0.4, -0.2) is 31.7 Å². The molecule has 1 amide bonds. The number of nitrogens with zero attached hydrogens (tertiary/aromatic N) is 1. The fourth-order valence-corrected chi connectivity index (χ4v) is 6.17. The maximum atomic E-state index is 13.1. The Morgan fingerprint density at radius 1 is 0.967 bits per heavy atom. The lowest BCUT2D eigenvalue weighted by molar-refractivity contribution is 0.102. The highest BCUT2D eigenvalue weighted by Gasteiger charge is 2.28. The molecule has 5 rings (SSSR count). The first-order chi connectivity index (χ1) is 14.4. The number of sulfonamides is 1. The smallest absolute Gasteiger partial charge is 0.255 e. The van der Waals surface area contributed by atoms with Gasteiger partial charge in [-0.2, -0.15) is 4.31 Å². The molecule has 154 valence electrons. The van der Waals surface area contributed by atoms with Crippen LogP contribution in [0.2, 0.25) is 0 Å². The van der Waals surface area contributed by atoms with Crippen LogP contribution in [0, 0.1) is 6.92 Å². The highest BCUT2D eigenvalue weighted by atomic mass is 32.2. The summed E-state index contributed by atoms with van der Waals surface area (Å²) < 4.78 is 27.4. The summed E-state index contributed by atoms with van der Waals surface area (Å²) in [5.41, 5.74) is 4.52. The van der Waals surface area contributed by atoms with Gasteiger partial charge in [0.25, 0.3) is 5.91 Å². The number of anilines is 1. The van der Waals surface area contributed by atoms with Gasteiger partial charge in [-0.15, -0.1) is 0 Å². The van der Waals surface area contributed by atoms with E-state index in [0.717, 1.165) is 42.3 Å². The molecule has 0 unspecified atom stereocenters. The Bertz CT molecular complexity index is 1260. The maximum absolute atomic E-state index is 13.1. The average molecular weight is 421 g/mol. The third-order valence-corrected chi connectivity index (χ3v) is 8.18. The summed E-state index contributed by atoms with van der Waals surface area (Å²) in [6.45, 7) is 2.91. The molecule has 3 aromatic carbocycles. The van der Waals surface area contributed by atoms with Gasteiger partial charge in [0.15, 0.2) is 0 Å². The molecular weight excluding hydrogens is 396 g/mol. The number of aryl methyl sites for hydroxylation is 3. The Kier molecular flexibility index (Phi) is 4.64. The topological polar surface area (TPSA) is 66.5 Å². The lowest BCUT2D eigenvalue weighted by Crippen LogP contribution is -2.28. The van der Waals surface area contributed by atoms with Crippen LogP contribution in [0.4, 0.5) is 5.69 Å². The van der Waals surface area contributed by atoms with Crippen molar-refractivity contribution >= 4 is 32.4 Å². The molecule has 0 bridgehead atoms. The second kappa shape index (κ2) is 7.22. The van der Waals surface area contributed by atoms with Crippen molar-refractivity contribution in [3.63, 3.8) is 0 Å². The summed E-state index contributed by atoms with van der Waals surface area (Å²) in [7, 11) is -3.57. The second-order valence-electron chi connectivity index (χ2n) is 8.15. The van der Waals surface area contributed by atoms with E-state index >= 15 is 0 Å². The highest BCUT2D eigenvalue weighted by Crippen LogP contribution is 2.35. The van der Waals surface area contributed by atoms with E-state index in [4.69, 9.17) is 0 Å². The van der Waals surface area contributed by atoms with Gasteiger partial charge in [-0.05, 0) is 72.9 Å². The van der Waals surface area contributed by atoms with E-state index in [9.17, 15) is 13.2 Å². The first-order valence-electron chi connectivity index (χ1n) is 10.4. The molecule has 0 radical (unpaired) electrons. The Labute approximate surface area is 176 Å². The van der Waals surface area contributed by atoms with Crippen LogP contribution >= 0.6 is 0 Å². The first kappa shape index (κ1) is 19.3. The number of benzene rings is 3. The number of rotatable bonds is 4. The number of hydrogen-bond donors (Lipinski definition) is 1. The van der Waals surface area contributed by atoms with Crippen LogP contribution < -0.4 is 5.32 Å². The van der Waals surface area contributed by atoms with Gasteiger partial charge in [0.2, 0.25) is 10.0 Å². The minimum Gasteiger partial charge on any atom is -0.321 e. The summed E-state index contributed by atoms with van der Waals surface area (Å²) in [6, 6.07) is 15.0. The van der Waals surface area contributed by atoms with Gasteiger partial charge in [-0.1, -0.05) is 30.3 Å². The zero-order valence-corrected chi connectivity index (χ0v) is 17.8. The number of hydrogen-bond acceptors (Lipinski definition) is 3. The molecule has 6 heteroatoms. The molecule has 0 saturated carbocycles. The fourth-order valence-electron chi connectivity index (χ4n) is 4.63. The van der Waals surface area contributed by atoms with Gasteiger partial charge in [-0.3, -0.25) is 4.79 Å². The summed E-state index contributed by atoms with van der Waals surface area (Å²) in [6.07, 6.45) is 3.81. The molecule has 1 fully saturated rings. The quantitative estimate of drug-likeness (QED) is 0.685. The van der Waals surface area contributed by atoms with Gasteiger partial charge in [0.1, 0.15) is 0 Å². The van der Waals surface area contributed by atoms with Crippen LogP contribution in [0.1, 0.15) is 39.9 Å². The zero-order chi connectivity index (χ0) is 20.9. The Morgan fingerprint density at radius 3 is 2.47 bits per heavy atom. The van der Waals surface area contributed by atoms with Crippen LogP contribution in [0.25, 0.3) is 10.8 Å². The monoisotopic (exact) mass is 420 g/mol. The third-order valence-electron chi connectivity index (χ3n) is 6.28. The molecule has 2 aliphatic rings. The molecule has 0 atom stereocenters. The normalized spacial score (nSPS) is 16.3. The minimum atomic E-state index is -3.57. The predicted molar refractivity (Wildman–Crippen MR) is 118 cm³/mol. The van der Waals surface area contributed by atoms with Crippen molar-refractivity contribution in [1.82, 2.24) is 4.31 Å². The van der Waals surface area contributed by atoms with Gasteiger partial charge >= 0.3 is 0 Å². The lowest BCUT2D eigenvalue weighted by atomic mass is 10.0. The van der Waals surface area contributed by atoms with Gasteiger partial charge < -0.3 is 5.32 Å². The van der Waals surface area contributed by atoms with Crippen LogP contribution in [0.3, 0.4) is 0 Å². The molecule has 1 N–H and O–H groups in total. The molecule has 3 aromatic rings. The van der Waals surface area contributed by atoms with Crippen molar-refractivity contribution < 1.29 is 13.2 Å². The molecule has 1 saturated heterocycles. The van der Waals surface area contributed by atoms with Crippen molar-refractivity contribution in [1.29, 1.82) is 0 Å². The molecule has 0 spiro atoms. The van der Waals surface area contributed by atoms with Gasteiger partial charge in [0.05, 0.1) is 4.90 Å². The summed E-state index contributed by atoms with van der Waals surface area (Å²) >= 11 is 0. The predicted octanol–water partition coefficient (Wildman–Crippen LogP) is 4.28. The maximum Gasteiger partial charge on any atom is 0.255 e. The second-order valence-corrected chi connectivity index (χ2v) is 10.1. The van der Waals surface area contributed by atoms with E-state index in [1.165, 1.54) is 26.9 Å². The average Bonchev–Trinajstić information content (AvgIpc) is 3.42. The van der Waals surface area contributed by atoms with Crippen molar-refractivity contribution in [2.75, 3.05) is 18.4 Å². The van der Waals surface area contributed by atoms with E-state index in [1.54, 1.807) is 12.1 Å².